The van der Waals surface area contributed by atoms with E-state index in [0.29, 0.717) is 17.0 Å². The molecule has 1 heterocycles. The maximum absolute atomic E-state index is 11.3. The average Bonchev–Trinajstić information content (AvgIpc) is 3.01. The number of carbonyl (C=O) groups excluding carboxylic acids is 1. The second-order valence-corrected chi connectivity index (χ2v) is 11.4. The first kappa shape index (κ1) is 24.6. The Bertz CT molecular complexity index is 1070. The summed E-state index contributed by atoms with van der Waals surface area (Å²) >= 11 is -4.83. The van der Waals surface area contributed by atoms with E-state index in [9.17, 15) is 22.7 Å². The Morgan fingerprint density at radius 3 is 2.52 bits per heavy atom. The Balaban J connectivity index is 0.000000221. The van der Waals surface area contributed by atoms with Gasteiger partial charge in [0.25, 0.3) is 5.69 Å². The number of aryl methyl sites for hydroxylation is 1. The van der Waals surface area contributed by atoms with Crippen molar-refractivity contribution in [2.24, 2.45) is 0 Å². The van der Waals surface area contributed by atoms with E-state index in [-0.39, 0.29) is 26.5 Å². The minimum atomic E-state index is -4.83. The molecule has 31 heavy (non-hydrogen) atoms. The molecule has 0 radical (unpaired) electrons. The molecule has 0 aliphatic carbocycles. The molecule has 0 saturated heterocycles. The summed E-state index contributed by atoms with van der Waals surface area (Å²) in [6.45, 7) is 8.96. The Morgan fingerprint density at radius 2 is 1.97 bits per heavy atom. The van der Waals surface area contributed by atoms with Crippen molar-refractivity contribution in [3.8, 4) is 5.75 Å². The van der Waals surface area contributed by atoms with Crippen molar-refractivity contribution < 1.29 is 31.4 Å². The third-order valence-corrected chi connectivity index (χ3v) is 7.03. The molecular formula is C20H25AsN2O8. The first-order chi connectivity index (χ1) is 14.3. The van der Waals surface area contributed by atoms with Crippen molar-refractivity contribution in [2.45, 2.75) is 46.6 Å². The zero-order chi connectivity index (χ0) is 23.6. The van der Waals surface area contributed by atoms with Gasteiger partial charge in [-0.3, -0.25) is 10.1 Å². The van der Waals surface area contributed by atoms with E-state index >= 15 is 0 Å². The largest absolute Gasteiger partial charge is 0.487 e. The SMILES string of the molecule is CC(=O)Nc1cccc([As](=O)(O)OO)c1.Cc1cc([N+](=O)[O-])c(C)c2c1CC(C)(C)O2. The predicted octanol–water partition coefficient (Wildman–Crippen LogP) is 2.63. The Labute approximate surface area is 182 Å². The number of benzene rings is 2. The van der Waals surface area contributed by atoms with Crippen LogP contribution in [0.25, 0.3) is 0 Å². The number of hydrogen-bond donors (Lipinski definition) is 3. The van der Waals surface area contributed by atoms with Crippen LogP contribution in [-0.2, 0) is 18.8 Å². The summed E-state index contributed by atoms with van der Waals surface area (Å²) in [4.78, 5) is 21.3. The maximum atomic E-state index is 11.3. The molecule has 0 saturated carbocycles. The molecule has 3 N–H and O–H groups in total. The van der Waals surface area contributed by atoms with Crippen molar-refractivity contribution in [1.82, 2.24) is 0 Å². The zero-order valence-electron chi connectivity index (χ0n) is 17.8. The second kappa shape index (κ2) is 9.23. The summed E-state index contributed by atoms with van der Waals surface area (Å²) in [5, 5.41) is 21.6. The predicted molar refractivity (Wildman–Crippen MR) is 114 cm³/mol. The topological polar surface area (TPSA) is 148 Å². The quantitative estimate of drug-likeness (QED) is 0.253. The molecule has 1 atom stereocenters. The third-order valence-electron chi connectivity index (χ3n) is 4.61. The fourth-order valence-corrected chi connectivity index (χ4v) is 4.63. The van der Waals surface area contributed by atoms with Crippen molar-refractivity contribution in [3.05, 3.63) is 57.1 Å². The van der Waals surface area contributed by atoms with Crippen molar-refractivity contribution in [1.29, 1.82) is 0 Å². The van der Waals surface area contributed by atoms with Crippen LogP contribution in [0.3, 0.4) is 0 Å². The van der Waals surface area contributed by atoms with Gasteiger partial charge in [-0.1, -0.05) is 0 Å². The molecule has 1 amide bonds. The number of nitro groups is 1. The van der Waals surface area contributed by atoms with Crippen LogP contribution in [0.1, 0.15) is 37.5 Å². The third kappa shape index (κ3) is 5.95. The summed E-state index contributed by atoms with van der Waals surface area (Å²) < 4.78 is 29.7. The number of ether oxygens (including phenoxy) is 1. The van der Waals surface area contributed by atoms with Crippen LogP contribution in [0.5, 0.6) is 5.75 Å². The van der Waals surface area contributed by atoms with Crippen LogP contribution >= 0.6 is 0 Å². The number of nitrogens with one attached hydrogen (secondary N) is 1. The van der Waals surface area contributed by atoms with E-state index in [1.54, 1.807) is 19.1 Å². The number of nitrogens with zero attached hydrogens (tertiary/aromatic N) is 1. The van der Waals surface area contributed by atoms with E-state index in [0.717, 1.165) is 17.5 Å². The van der Waals surface area contributed by atoms with Gasteiger partial charge in [0.15, 0.2) is 0 Å². The van der Waals surface area contributed by atoms with E-state index in [1.165, 1.54) is 25.1 Å². The monoisotopic (exact) mass is 496 g/mol. The fraction of sp³-hybridized carbons (Fsp3) is 0.350. The van der Waals surface area contributed by atoms with E-state index in [1.807, 2.05) is 20.8 Å². The molecule has 10 nitrogen and oxygen atoms in total. The van der Waals surface area contributed by atoms with Crippen LogP contribution in [0.4, 0.5) is 11.4 Å². The van der Waals surface area contributed by atoms with Crippen LogP contribution in [-0.4, -0.2) is 40.0 Å². The minimum Gasteiger partial charge on any atom is -0.487 e. The Hall–Kier alpha value is -2.65. The number of amides is 1. The zero-order valence-corrected chi connectivity index (χ0v) is 19.7. The molecule has 2 aromatic carbocycles. The van der Waals surface area contributed by atoms with Gasteiger partial charge in [0.05, 0.1) is 10.5 Å². The number of fused-ring (bicyclic) bond motifs is 1. The maximum Gasteiger partial charge on any atom is 0.276 e. The molecule has 0 fully saturated rings. The number of rotatable bonds is 4. The summed E-state index contributed by atoms with van der Waals surface area (Å²) in [5.74, 6) is 0.411. The molecule has 0 bridgehead atoms. The smallest absolute Gasteiger partial charge is 0.276 e. The number of anilines is 1. The first-order valence-electron chi connectivity index (χ1n) is 9.28. The molecule has 1 unspecified atom stereocenters. The molecule has 0 aromatic heterocycles. The minimum absolute atomic E-state index is 0.0399. The molecule has 168 valence electrons. The molecule has 2 aromatic rings. The van der Waals surface area contributed by atoms with Crippen LogP contribution in [0.2, 0.25) is 0 Å². The second-order valence-electron chi connectivity index (χ2n) is 7.77. The molecule has 1 aliphatic rings. The fourth-order valence-electron chi connectivity index (χ4n) is 3.22. The molecule has 3 rings (SSSR count). The van der Waals surface area contributed by atoms with Crippen molar-refractivity contribution >= 4 is 35.8 Å². The number of hydrogen-bond acceptors (Lipinski definition) is 7. The average molecular weight is 496 g/mol. The van der Waals surface area contributed by atoms with Gasteiger partial charge in [-0.15, -0.1) is 0 Å². The summed E-state index contributed by atoms with van der Waals surface area (Å²) in [5.41, 5.74) is 2.94. The first-order valence-corrected chi connectivity index (χ1v) is 12.6. The van der Waals surface area contributed by atoms with Crippen molar-refractivity contribution in [3.63, 3.8) is 0 Å². The number of nitro benzene ring substituents is 1. The Kier molecular flexibility index (Phi) is 7.33. The number of carbonyl (C=O) groups is 1. The molecule has 1 aliphatic heterocycles. The van der Waals surface area contributed by atoms with Gasteiger partial charge in [0, 0.05) is 18.1 Å². The Morgan fingerprint density at radius 1 is 1.32 bits per heavy atom. The van der Waals surface area contributed by atoms with Gasteiger partial charge in [-0.05, 0) is 33.3 Å². The van der Waals surface area contributed by atoms with E-state index in [4.69, 9.17) is 9.99 Å². The van der Waals surface area contributed by atoms with E-state index < -0.39 is 14.2 Å². The molecule has 11 heteroatoms. The van der Waals surface area contributed by atoms with Crippen LogP contribution in [0.15, 0.2) is 30.3 Å². The summed E-state index contributed by atoms with van der Waals surface area (Å²) in [6.07, 6.45) is 0.813. The molecular weight excluding hydrogens is 471 g/mol. The van der Waals surface area contributed by atoms with Gasteiger partial charge in [0.2, 0.25) is 0 Å². The summed E-state index contributed by atoms with van der Waals surface area (Å²) in [6, 6.07) is 7.28. The van der Waals surface area contributed by atoms with Gasteiger partial charge < -0.3 is 4.74 Å². The standard InChI is InChI=1S/C12H15NO3.C8H10AsNO5/c1-7-5-10(13(14)15)8(2)11-9(7)6-12(3,4)16-11;1-6(11)10-8-4-2-3-7(5-8)9(12,13)15-14/h5H,6H2,1-4H3;2-5,14H,1H3,(H,10,11)(H,12,13). The van der Waals surface area contributed by atoms with Gasteiger partial charge in [-0.25, -0.2) is 0 Å². The van der Waals surface area contributed by atoms with Gasteiger partial charge in [-0.2, -0.15) is 0 Å². The van der Waals surface area contributed by atoms with Crippen LogP contribution < -0.4 is 14.4 Å². The van der Waals surface area contributed by atoms with Crippen LogP contribution in [0, 0.1) is 24.0 Å². The van der Waals surface area contributed by atoms with E-state index in [2.05, 4.69) is 9.19 Å². The normalized spacial score (nSPS) is 15.6. The van der Waals surface area contributed by atoms with Gasteiger partial charge in [0.1, 0.15) is 11.4 Å². The summed E-state index contributed by atoms with van der Waals surface area (Å²) in [7, 11) is 0. The van der Waals surface area contributed by atoms with Crippen molar-refractivity contribution in [2.75, 3.05) is 5.32 Å². The van der Waals surface area contributed by atoms with Gasteiger partial charge >= 0.3 is 88.4 Å². The molecule has 0 spiro atoms.